The Morgan fingerprint density at radius 1 is 1.28 bits per heavy atom. The number of carbonyl (C=O) groups excluding carboxylic acids is 1. The van der Waals surface area contributed by atoms with Crippen molar-refractivity contribution in [2.24, 2.45) is 11.7 Å². The summed E-state index contributed by atoms with van der Waals surface area (Å²) in [5, 5.41) is 2.54. The van der Waals surface area contributed by atoms with Crippen molar-refractivity contribution in [2.45, 2.75) is 19.9 Å². The van der Waals surface area contributed by atoms with Crippen LogP contribution in [0.5, 0.6) is 0 Å². The fourth-order valence-corrected chi connectivity index (χ4v) is 1.44. The monoisotopic (exact) mass is 260 g/mol. The molecule has 1 amide bonds. The van der Waals surface area contributed by atoms with E-state index < -0.39 is 23.4 Å². The third-order valence-corrected chi connectivity index (χ3v) is 2.62. The van der Waals surface area contributed by atoms with Gasteiger partial charge in [0.25, 0.3) is 5.91 Å². The van der Waals surface area contributed by atoms with Gasteiger partial charge in [-0.25, -0.2) is 13.2 Å². The Hall–Kier alpha value is -1.56. The Balaban J connectivity index is 2.91. The summed E-state index contributed by atoms with van der Waals surface area (Å²) in [6, 6.07) is 0.997. The Bertz CT molecular complexity index is 426. The van der Waals surface area contributed by atoms with Crippen molar-refractivity contribution in [2.75, 3.05) is 6.54 Å². The molecule has 6 heteroatoms. The molecule has 18 heavy (non-hydrogen) atoms. The van der Waals surface area contributed by atoms with Gasteiger partial charge in [0.05, 0.1) is 0 Å². The molecule has 0 spiro atoms. The SMILES string of the molecule is CC(C)C(CN)NC(=O)c1cc(F)c(F)c(F)c1. The molecule has 0 saturated carbocycles. The molecule has 0 aliphatic carbocycles. The summed E-state index contributed by atoms with van der Waals surface area (Å²) in [6.07, 6.45) is 0. The van der Waals surface area contributed by atoms with E-state index in [-0.39, 0.29) is 24.1 Å². The smallest absolute Gasteiger partial charge is 0.251 e. The predicted molar refractivity (Wildman–Crippen MR) is 61.5 cm³/mol. The van der Waals surface area contributed by atoms with Crippen molar-refractivity contribution in [1.82, 2.24) is 5.32 Å². The molecule has 0 heterocycles. The summed E-state index contributed by atoms with van der Waals surface area (Å²) in [4.78, 5) is 11.7. The second-order valence-electron chi connectivity index (χ2n) is 4.31. The molecule has 1 atom stereocenters. The van der Waals surface area contributed by atoms with Crippen molar-refractivity contribution in [1.29, 1.82) is 0 Å². The lowest BCUT2D eigenvalue weighted by molar-refractivity contribution is 0.0926. The van der Waals surface area contributed by atoms with E-state index >= 15 is 0 Å². The van der Waals surface area contributed by atoms with Crippen molar-refractivity contribution in [3.63, 3.8) is 0 Å². The Labute approximate surface area is 103 Å². The molecule has 1 aromatic rings. The number of nitrogens with one attached hydrogen (secondary N) is 1. The van der Waals surface area contributed by atoms with Gasteiger partial charge in [-0.3, -0.25) is 4.79 Å². The first-order chi connectivity index (χ1) is 8.36. The minimum Gasteiger partial charge on any atom is -0.348 e. The van der Waals surface area contributed by atoms with Gasteiger partial charge in [0, 0.05) is 18.2 Å². The number of hydrogen-bond acceptors (Lipinski definition) is 2. The molecule has 0 aliphatic heterocycles. The van der Waals surface area contributed by atoms with E-state index in [0.717, 1.165) is 0 Å². The predicted octanol–water partition coefficient (Wildman–Crippen LogP) is 1.82. The average molecular weight is 260 g/mol. The fraction of sp³-hybridized carbons (Fsp3) is 0.417. The highest BCUT2D eigenvalue weighted by Gasteiger charge is 2.18. The molecule has 3 nitrogen and oxygen atoms in total. The lowest BCUT2D eigenvalue weighted by Crippen LogP contribution is -2.43. The molecule has 0 saturated heterocycles. The largest absolute Gasteiger partial charge is 0.348 e. The maximum Gasteiger partial charge on any atom is 0.251 e. The van der Waals surface area contributed by atoms with Crippen molar-refractivity contribution >= 4 is 5.91 Å². The van der Waals surface area contributed by atoms with E-state index in [1.807, 2.05) is 13.8 Å². The van der Waals surface area contributed by atoms with Crippen LogP contribution >= 0.6 is 0 Å². The quantitative estimate of drug-likeness (QED) is 0.811. The van der Waals surface area contributed by atoms with E-state index in [0.29, 0.717) is 12.1 Å². The van der Waals surface area contributed by atoms with Gasteiger partial charge in [-0.05, 0) is 18.1 Å². The first kappa shape index (κ1) is 14.5. The zero-order chi connectivity index (χ0) is 13.9. The van der Waals surface area contributed by atoms with Crippen LogP contribution in [-0.4, -0.2) is 18.5 Å². The van der Waals surface area contributed by atoms with Crippen molar-refractivity contribution in [3.05, 3.63) is 35.1 Å². The summed E-state index contributed by atoms with van der Waals surface area (Å²) >= 11 is 0. The fourth-order valence-electron chi connectivity index (χ4n) is 1.44. The molecular weight excluding hydrogens is 245 g/mol. The summed E-state index contributed by atoms with van der Waals surface area (Å²) in [5.74, 6) is -4.99. The molecule has 0 aromatic heterocycles. The minimum atomic E-state index is -1.59. The van der Waals surface area contributed by atoms with Crippen LogP contribution in [0, 0.1) is 23.4 Å². The maximum atomic E-state index is 13.0. The van der Waals surface area contributed by atoms with Gasteiger partial charge in [0.1, 0.15) is 0 Å². The van der Waals surface area contributed by atoms with Gasteiger partial charge >= 0.3 is 0 Å². The topological polar surface area (TPSA) is 55.1 Å². The number of amides is 1. The Morgan fingerprint density at radius 2 is 1.78 bits per heavy atom. The molecule has 1 rings (SSSR count). The standard InChI is InChI=1S/C12H15F3N2O/c1-6(2)10(5-16)17-12(18)7-3-8(13)11(15)9(14)4-7/h3-4,6,10H,5,16H2,1-2H3,(H,17,18). The van der Waals surface area contributed by atoms with Gasteiger partial charge in [-0.15, -0.1) is 0 Å². The second-order valence-corrected chi connectivity index (χ2v) is 4.31. The van der Waals surface area contributed by atoms with Gasteiger partial charge in [-0.1, -0.05) is 13.8 Å². The number of carbonyl (C=O) groups is 1. The number of rotatable bonds is 4. The third-order valence-electron chi connectivity index (χ3n) is 2.62. The van der Waals surface area contributed by atoms with Crippen LogP contribution in [0.3, 0.4) is 0 Å². The highest BCUT2D eigenvalue weighted by molar-refractivity contribution is 5.94. The van der Waals surface area contributed by atoms with E-state index in [9.17, 15) is 18.0 Å². The molecule has 0 bridgehead atoms. The second kappa shape index (κ2) is 5.86. The third kappa shape index (κ3) is 3.22. The first-order valence-corrected chi connectivity index (χ1v) is 5.52. The summed E-state index contributed by atoms with van der Waals surface area (Å²) in [6.45, 7) is 3.91. The lowest BCUT2D eigenvalue weighted by atomic mass is 10.0. The maximum absolute atomic E-state index is 13.0. The van der Waals surface area contributed by atoms with Gasteiger partial charge < -0.3 is 11.1 Å². The van der Waals surface area contributed by atoms with E-state index in [1.54, 1.807) is 0 Å². The van der Waals surface area contributed by atoms with Crippen LogP contribution in [0.15, 0.2) is 12.1 Å². The van der Waals surface area contributed by atoms with Crippen LogP contribution in [0.2, 0.25) is 0 Å². The van der Waals surface area contributed by atoms with E-state index in [4.69, 9.17) is 5.73 Å². The summed E-state index contributed by atoms with van der Waals surface area (Å²) in [7, 11) is 0. The Morgan fingerprint density at radius 3 is 2.17 bits per heavy atom. The Kier molecular flexibility index (Phi) is 4.72. The molecule has 0 aliphatic rings. The molecule has 1 aromatic carbocycles. The van der Waals surface area contributed by atoms with E-state index in [2.05, 4.69) is 5.32 Å². The lowest BCUT2D eigenvalue weighted by Gasteiger charge is -2.20. The molecule has 0 radical (unpaired) electrons. The number of halogens is 3. The highest BCUT2D eigenvalue weighted by Crippen LogP contribution is 2.14. The molecular formula is C12H15F3N2O. The number of benzene rings is 1. The number of nitrogens with two attached hydrogens (primary N) is 1. The van der Waals surface area contributed by atoms with Gasteiger partial charge in [0.15, 0.2) is 17.5 Å². The molecule has 0 fully saturated rings. The van der Waals surface area contributed by atoms with Crippen molar-refractivity contribution < 1.29 is 18.0 Å². The molecule has 3 N–H and O–H groups in total. The zero-order valence-corrected chi connectivity index (χ0v) is 10.1. The molecule has 100 valence electrons. The highest BCUT2D eigenvalue weighted by atomic mass is 19.2. The van der Waals surface area contributed by atoms with Crippen molar-refractivity contribution in [3.8, 4) is 0 Å². The zero-order valence-electron chi connectivity index (χ0n) is 10.1. The van der Waals surface area contributed by atoms with Crippen LogP contribution in [0.4, 0.5) is 13.2 Å². The average Bonchev–Trinajstić information content (AvgIpc) is 2.31. The van der Waals surface area contributed by atoms with Gasteiger partial charge in [0.2, 0.25) is 0 Å². The van der Waals surface area contributed by atoms with Crippen LogP contribution in [0.1, 0.15) is 24.2 Å². The van der Waals surface area contributed by atoms with Gasteiger partial charge in [-0.2, -0.15) is 0 Å². The van der Waals surface area contributed by atoms with Crippen LogP contribution < -0.4 is 11.1 Å². The number of hydrogen-bond donors (Lipinski definition) is 2. The van der Waals surface area contributed by atoms with Crippen LogP contribution in [-0.2, 0) is 0 Å². The van der Waals surface area contributed by atoms with Crippen LogP contribution in [0.25, 0.3) is 0 Å². The molecule has 1 unspecified atom stereocenters. The van der Waals surface area contributed by atoms with E-state index in [1.165, 1.54) is 0 Å². The normalized spacial score (nSPS) is 12.6. The summed E-state index contributed by atoms with van der Waals surface area (Å²) in [5.41, 5.74) is 5.19. The summed E-state index contributed by atoms with van der Waals surface area (Å²) < 4.78 is 38.6. The minimum absolute atomic E-state index is 0.0779. The first-order valence-electron chi connectivity index (χ1n) is 5.52.